The van der Waals surface area contributed by atoms with Gasteiger partial charge < -0.3 is 15.1 Å². The highest BCUT2D eigenvalue weighted by molar-refractivity contribution is 6.33. The van der Waals surface area contributed by atoms with E-state index >= 15 is 0 Å². The van der Waals surface area contributed by atoms with Crippen LogP contribution in [0.1, 0.15) is 28.4 Å². The number of hydrogen-bond donors (Lipinski definition) is 1. The highest BCUT2D eigenvalue weighted by Crippen LogP contribution is 2.22. The topological polar surface area (TPSA) is 65.5 Å². The second-order valence-electron chi connectivity index (χ2n) is 9.19. The summed E-state index contributed by atoms with van der Waals surface area (Å²) in [5, 5.41) is 4.12. The predicted octanol–water partition coefficient (Wildman–Crippen LogP) is 4.89. The minimum atomic E-state index is -0.121. The first-order valence-corrected chi connectivity index (χ1v) is 12.9. The Morgan fingerprint density at radius 1 is 1.00 bits per heavy atom. The molecule has 4 rings (SSSR count). The van der Waals surface area contributed by atoms with E-state index in [-0.39, 0.29) is 18.2 Å². The molecule has 1 saturated heterocycles. The SMILES string of the molecule is CC(CNC(=O)c1ccc(N2CCN(C(=O)Cc3cc(Cl)ccc3Cl)CC2)nc1)Cc1ccccc1. The second-order valence-corrected chi connectivity index (χ2v) is 10.0. The fraction of sp³-hybridized carbons (Fsp3) is 0.321. The Kier molecular flexibility index (Phi) is 8.83. The zero-order chi connectivity index (χ0) is 25.5. The maximum atomic E-state index is 12.8. The number of nitrogens with one attached hydrogen (secondary N) is 1. The van der Waals surface area contributed by atoms with Gasteiger partial charge in [0.05, 0.1) is 12.0 Å². The Bertz CT molecular complexity index is 1180. The standard InChI is InChI=1S/C28H30Cl2N4O2/c1-20(15-21-5-3-2-4-6-21)18-32-28(36)22-7-10-26(31-19-22)33-11-13-34(14-12-33)27(35)17-23-16-24(29)8-9-25(23)30/h2-10,16,19-20H,11-15,17-18H2,1H3,(H,32,36). The number of hydrogen-bond acceptors (Lipinski definition) is 4. The summed E-state index contributed by atoms with van der Waals surface area (Å²) in [5.74, 6) is 1.04. The van der Waals surface area contributed by atoms with E-state index < -0.39 is 0 Å². The maximum absolute atomic E-state index is 12.8. The molecule has 0 aliphatic carbocycles. The average Bonchev–Trinajstić information content (AvgIpc) is 2.90. The first-order valence-electron chi connectivity index (χ1n) is 12.1. The fourth-order valence-electron chi connectivity index (χ4n) is 4.30. The number of carbonyl (C=O) groups is 2. The lowest BCUT2D eigenvalue weighted by atomic mass is 10.0. The molecule has 2 heterocycles. The summed E-state index contributed by atoms with van der Waals surface area (Å²) in [5.41, 5.74) is 2.54. The van der Waals surface area contributed by atoms with E-state index in [1.165, 1.54) is 5.56 Å². The molecule has 1 fully saturated rings. The number of rotatable bonds is 8. The van der Waals surface area contributed by atoms with Gasteiger partial charge in [-0.05, 0) is 53.8 Å². The summed E-state index contributed by atoms with van der Waals surface area (Å²) in [4.78, 5) is 33.8. The highest BCUT2D eigenvalue weighted by Gasteiger charge is 2.23. The van der Waals surface area contributed by atoms with E-state index in [2.05, 4.69) is 34.3 Å². The lowest BCUT2D eigenvalue weighted by Gasteiger charge is -2.35. The number of piperazine rings is 1. The molecule has 1 aromatic heterocycles. The summed E-state index contributed by atoms with van der Waals surface area (Å²) >= 11 is 12.3. The zero-order valence-corrected chi connectivity index (χ0v) is 21.8. The third kappa shape index (κ3) is 6.99. The first kappa shape index (κ1) is 26.0. The van der Waals surface area contributed by atoms with Crippen molar-refractivity contribution < 1.29 is 9.59 Å². The van der Waals surface area contributed by atoms with Crippen molar-refractivity contribution in [2.75, 3.05) is 37.6 Å². The Labute approximate surface area is 222 Å². The van der Waals surface area contributed by atoms with Crippen LogP contribution in [0.15, 0.2) is 66.9 Å². The molecular weight excluding hydrogens is 495 g/mol. The van der Waals surface area contributed by atoms with Crippen molar-refractivity contribution in [3.05, 3.63) is 93.6 Å². The normalized spacial score (nSPS) is 14.4. The molecule has 0 bridgehead atoms. The lowest BCUT2D eigenvalue weighted by molar-refractivity contribution is -0.130. The Morgan fingerprint density at radius 2 is 1.75 bits per heavy atom. The molecule has 1 N–H and O–H groups in total. The summed E-state index contributed by atoms with van der Waals surface area (Å²) in [6.45, 7) is 5.27. The molecule has 3 aromatic rings. The van der Waals surface area contributed by atoms with Gasteiger partial charge in [-0.25, -0.2) is 4.98 Å². The monoisotopic (exact) mass is 524 g/mol. The number of anilines is 1. The molecule has 0 saturated carbocycles. The largest absolute Gasteiger partial charge is 0.353 e. The Balaban J connectivity index is 1.24. The molecular formula is C28H30Cl2N4O2. The van der Waals surface area contributed by atoms with Crippen LogP contribution in [-0.4, -0.2) is 54.4 Å². The molecule has 188 valence electrons. The van der Waals surface area contributed by atoms with Gasteiger partial charge in [0.1, 0.15) is 5.82 Å². The van der Waals surface area contributed by atoms with Crippen LogP contribution in [0, 0.1) is 5.92 Å². The van der Waals surface area contributed by atoms with Crippen molar-refractivity contribution in [1.82, 2.24) is 15.2 Å². The molecule has 0 radical (unpaired) electrons. The van der Waals surface area contributed by atoms with Crippen LogP contribution in [0.3, 0.4) is 0 Å². The van der Waals surface area contributed by atoms with Gasteiger partial charge in [-0.1, -0.05) is 60.5 Å². The van der Waals surface area contributed by atoms with Crippen molar-refractivity contribution in [2.24, 2.45) is 5.92 Å². The average molecular weight is 525 g/mol. The van der Waals surface area contributed by atoms with Gasteiger partial charge in [-0.2, -0.15) is 0 Å². The molecule has 8 heteroatoms. The van der Waals surface area contributed by atoms with E-state index in [0.717, 1.165) is 17.8 Å². The van der Waals surface area contributed by atoms with E-state index in [1.54, 1.807) is 30.5 Å². The van der Waals surface area contributed by atoms with Gasteiger partial charge in [0, 0.05) is 49.0 Å². The second kappa shape index (κ2) is 12.2. The molecule has 2 aromatic carbocycles. The van der Waals surface area contributed by atoms with Crippen LogP contribution < -0.4 is 10.2 Å². The molecule has 1 aliphatic rings. The number of nitrogens with zero attached hydrogens (tertiary/aromatic N) is 3. The van der Waals surface area contributed by atoms with Crippen molar-refractivity contribution in [1.29, 1.82) is 0 Å². The quantitative estimate of drug-likeness (QED) is 0.455. The molecule has 1 atom stereocenters. The summed E-state index contributed by atoms with van der Waals surface area (Å²) in [7, 11) is 0. The van der Waals surface area contributed by atoms with E-state index in [0.29, 0.717) is 54.3 Å². The number of carbonyl (C=O) groups excluding carboxylic acids is 2. The number of pyridine rings is 1. The van der Waals surface area contributed by atoms with Gasteiger partial charge in [0.2, 0.25) is 5.91 Å². The van der Waals surface area contributed by atoms with Crippen molar-refractivity contribution in [3.8, 4) is 0 Å². The molecule has 1 aliphatic heterocycles. The van der Waals surface area contributed by atoms with Gasteiger partial charge >= 0.3 is 0 Å². The Hall–Kier alpha value is -3.09. The van der Waals surface area contributed by atoms with Crippen LogP contribution in [0.25, 0.3) is 0 Å². The molecule has 6 nitrogen and oxygen atoms in total. The highest BCUT2D eigenvalue weighted by atomic mass is 35.5. The predicted molar refractivity (Wildman–Crippen MR) is 145 cm³/mol. The number of amides is 2. The van der Waals surface area contributed by atoms with Crippen LogP contribution in [0.4, 0.5) is 5.82 Å². The van der Waals surface area contributed by atoms with Gasteiger partial charge in [-0.15, -0.1) is 0 Å². The minimum Gasteiger partial charge on any atom is -0.353 e. The van der Waals surface area contributed by atoms with Crippen LogP contribution in [0.5, 0.6) is 0 Å². The number of halogens is 2. The van der Waals surface area contributed by atoms with Crippen molar-refractivity contribution in [3.63, 3.8) is 0 Å². The molecule has 0 spiro atoms. The third-order valence-corrected chi connectivity index (χ3v) is 6.96. The van der Waals surface area contributed by atoms with E-state index in [1.807, 2.05) is 29.2 Å². The lowest BCUT2D eigenvalue weighted by Crippen LogP contribution is -2.49. The summed E-state index contributed by atoms with van der Waals surface area (Å²) in [6, 6.07) is 19.1. The van der Waals surface area contributed by atoms with Gasteiger partial charge in [-0.3, -0.25) is 9.59 Å². The van der Waals surface area contributed by atoms with Gasteiger partial charge in [0.15, 0.2) is 0 Å². The fourth-order valence-corrected chi connectivity index (χ4v) is 4.68. The first-order chi connectivity index (χ1) is 17.4. The Morgan fingerprint density at radius 3 is 2.44 bits per heavy atom. The van der Waals surface area contributed by atoms with Crippen LogP contribution in [0.2, 0.25) is 10.0 Å². The summed E-state index contributed by atoms with van der Waals surface area (Å²) in [6.07, 6.45) is 2.76. The molecule has 1 unspecified atom stereocenters. The third-order valence-electron chi connectivity index (χ3n) is 6.35. The number of benzene rings is 2. The van der Waals surface area contributed by atoms with Crippen LogP contribution >= 0.6 is 23.2 Å². The number of aromatic nitrogens is 1. The molecule has 36 heavy (non-hydrogen) atoms. The maximum Gasteiger partial charge on any atom is 0.252 e. The van der Waals surface area contributed by atoms with Crippen molar-refractivity contribution in [2.45, 2.75) is 19.8 Å². The smallest absolute Gasteiger partial charge is 0.252 e. The zero-order valence-electron chi connectivity index (χ0n) is 20.3. The molecule has 2 amide bonds. The van der Waals surface area contributed by atoms with Crippen LogP contribution in [-0.2, 0) is 17.6 Å². The minimum absolute atomic E-state index is 0.0280. The van der Waals surface area contributed by atoms with Gasteiger partial charge in [0.25, 0.3) is 5.91 Å². The van der Waals surface area contributed by atoms with E-state index in [9.17, 15) is 9.59 Å². The van der Waals surface area contributed by atoms with Crippen molar-refractivity contribution >= 4 is 40.8 Å². The van der Waals surface area contributed by atoms with E-state index in [4.69, 9.17) is 23.2 Å². The summed E-state index contributed by atoms with van der Waals surface area (Å²) < 4.78 is 0.